The zero-order valence-electron chi connectivity index (χ0n) is 18.0. The van der Waals surface area contributed by atoms with E-state index in [1.54, 1.807) is 10.7 Å². The van der Waals surface area contributed by atoms with Crippen LogP contribution in [-0.2, 0) is 6.54 Å². The first kappa shape index (κ1) is 21.5. The van der Waals surface area contributed by atoms with E-state index in [2.05, 4.69) is 5.10 Å². The molecule has 0 saturated carbocycles. The summed E-state index contributed by atoms with van der Waals surface area (Å²) >= 11 is 0. The monoisotopic (exact) mass is 444 g/mol. The van der Waals surface area contributed by atoms with Crippen LogP contribution < -0.4 is 15.2 Å². The molecular formula is C22H22F2N4O4. The number of halogens is 2. The summed E-state index contributed by atoms with van der Waals surface area (Å²) in [6.45, 7) is 3.55. The zero-order chi connectivity index (χ0) is 23.4. The Bertz CT molecular complexity index is 1270. The molecule has 1 aliphatic rings. The molecule has 0 unspecified atom stereocenters. The largest absolute Gasteiger partial charge is 0.496 e. The molecule has 10 heteroatoms. The number of methoxy groups -OCH3 is 1. The molecule has 0 fully saturated rings. The van der Waals surface area contributed by atoms with Crippen LogP contribution in [0.3, 0.4) is 0 Å². The average molecular weight is 444 g/mol. The standard InChI is InChI=1S/C22H22F2N4O4/c1-22(2,3)28-10-12-5-15(13-8-25-26(9-13)21(23)24)19(32-4)6-14(12)17-7-18(29)16(20(30)31)11-27(17)28/h5-9,11,21H,10H2,1-4H3,(H,30,31). The molecule has 1 aliphatic heterocycles. The van der Waals surface area contributed by atoms with Crippen molar-refractivity contribution in [2.24, 2.45) is 0 Å². The Balaban J connectivity index is 1.96. The molecular weight excluding hydrogens is 422 g/mol. The quantitative estimate of drug-likeness (QED) is 0.660. The van der Waals surface area contributed by atoms with Crippen LogP contribution in [0, 0.1) is 0 Å². The molecule has 0 aliphatic carbocycles. The second kappa shape index (κ2) is 7.47. The third kappa shape index (κ3) is 3.51. The number of carboxylic acids is 1. The first-order valence-corrected chi connectivity index (χ1v) is 9.83. The number of carbonyl (C=O) groups is 1. The highest BCUT2D eigenvalue weighted by Gasteiger charge is 2.31. The van der Waals surface area contributed by atoms with Gasteiger partial charge in [-0.15, -0.1) is 0 Å². The van der Waals surface area contributed by atoms with Gasteiger partial charge >= 0.3 is 12.5 Å². The predicted octanol–water partition coefficient (Wildman–Crippen LogP) is 3.73. The second-order valence-electron chi connectivity index (χ2n) is 8.51. The van der Waals surface area contributed by atoms with Gasteiger partial charge in [0.05, 0.1) is 25.5 Å². The lowest BCUT2D eigenvalue weighted by atomic mass is 9.94. The molecule has 1 aromatic carbocycles. The maximum absolute atomic E-state index is 13.0. The van der Waals surface area contributed by atoms with Crippen LogP contribution in [0.4, 0.5) is 8.78 Å². The molecule has 3 heterocycles. The fourth-order valence-electron chi connectivity index (χ4n) is 3.86. The van der Waals surface area contributed by atoms with Gasteiger partial charge in [0.2, 0.25) is 0 Å². The Labute approximate surface area is 182 Å². The highest BCUT2D eigenvalue weighted by atomic mass is 19.3. The van der Waals surface area contributed by atoms with Crippen molar-refractivity contribution in [2.75, 3.05) is 12.1 Å². The molecule has 0 radical (unpaired) electrons. The minimum absolute atomic E-state index is 0.325. The first-order valence-electron chi connectivity index (χ1n) is 9.83. The number of fused-ring (bicyclic) bond motifs is 3. The van der Waals surface area contributed by atoms with Crippen molar-refractivity contribution in [3.05, 3.63) is 58.1 Å². The lowest BCUT2D eigenvalue weighted by molar-refractivity contribution is 0.0566. The van der Waals surface area contributed by atoms with E-state index in [9.17, 15) is 23.5 Å². The Morgan fingerprint density at radius 1 is 1.19 bits per heavy atom. The predicted molar refractivity (Wildman–Crippen MR) is 114 cm³/mol. The minimum atomic E-state index is -2.76. The summed E-state index contributed by atoms with van der Waals surface area (Å²) in [5, 5.41) is 15.1. The lowest BCUT2D eigenvalue weighted by Crippen LogP contribution is -2.51. The van der Waals surface area contributed by atoms with Crippen LogP contribution in [0.25, 0.3) is 22.4 Å². The van der Waals surface area contributed by atoms with E-state index in [1.165, 1.54) is 31.8 Å². The fraction of sp³-hybridized carbons (Fsp3) is 0.318. The van der Waals surface area contributed by atoms with Gasteiger partial charge in [-0.3, -0.25) is 9.47 Å². The summed E-state index contributed by atoms with van der Waals surface area (Å²) in [6.07, 6.45) is 3.93. The molecule has 2 aromatic heterocycles. The molecule has 32 heavy (non-hydrogen) atoms. The maximum Gasteiger partial charge on any atom is 0.341 e. The van der Waals surface area contributed by atoms with Crippen molar-refractivity contribution in [1.82, 2.24) is 14.5 Å². The molecule has 4 rings (SSSR count). The van der Waals surface area contributed by atoms with E-state index in [-0.39, 0.29) is 5.56 Å². The molecule has 0 saturated heterocycles. The number of ether oxygens (including phenoxy) is 1. The van der Waals surface area contributed by atoms with Gasteiger partial charge in [0, 0.05) is 40.7 Å². The highest BCUT2D eigenvalue weighted by Crippen LogP contribution is 2.40. The van der Waals surface area contributed by atoms with Gasteiger partial charge in [-0.25, -0.2) is 9.48 Å². The number of aromatic nitrogens is 3. The van der Waals surface area contributed by atoms with Crippen molar-refractivity contribution >= 4 is 5.97 Å². The normalized spacial score (nSPS) is 13.2. The van der Waals surface area contributed by atoms with Crippen molar-refractivity contribution in [1.29, 1.82) is 0 Å². The number of aromatic carboxylic acids is 1. The van der Waals surface area contributed by atoms with Gasteiger partial charge < -0.3 is 14.9 Å². The van der Waals surface area contributed by atoms with Gasteiger partial charge in [0.25, 0.3) is 0 Å². The summed E-state index contributed by atoms with van der Waals surface area (Å²) in [6, 6.07) is 4.86. The SMILES string of the molecule is COc1cc2c(cc1-c1cnn(C(F)F)c1)CN(C(C)(C)C)n1cc(C(=O)O)c(=O)cc1-2. The molecule has 0 atom stereocenters. The minimum Gasteiger partial charge on any atom is -0.496 e. The van der Waals surface area contributed by atoms with E-state index >= 15 is 0 Å². The van der Waals surface area contributed by atoms with Crippen LogP contribution in [0.5, 0.6) is 5.75 Å². The molecule has 168 valence electrons. The van der Waals surface area contributed by atoms with Crippen molar-refractivity contribution in [2.45, 2.75) is 39.4 Å². The number of rotatable bonds is 4. The smallest absolute Gasteiger partial charge is 0.341 e. The summed E-state index contributed by atoms with van der Waals surface area (Å²) < 4.78 is 33.8. The number of hydrogen-bond acceptors (Lipinski definition) is 5. The lowest BCUT2D eigenvalue weighted by Gasteiger charge is -2.44. The molecule has 3 aromatic rings. The third-order valence-corrected chi connectivity index (χ3v) is 5.43. The summed E-state index contributed by atoms with van der Waals surface area (Å²) in [7, 11) is 1.47. The van der Waals surface area contributed by atoms with E-state index in [4.69, 9.17) is 4.74 Å². The van der Waals surface area contributed by atoms with Crippen LogP contribution >= 0.6 is 0 Å². The third-order valence-electron chi connectivity index (χ3n) is 5.43. The van der Waals surface area contributed by atoms with Crippen molar-refractivity contribution < 1.29 is 23.4 Å². The van der Waals surface area contributed by atoms with Gasteiger partial charge in [-0.2, -0.15) is 13.9 Å². The Morgan fingerprint density at radius 2 is 1.91 bits per heavy atom. The fourth-order valence-corrected chi connectivity index (χ4v) is 3.86. The summed E-state index contributed by atoms with van der Waals surface area (Å²) in [5.41, 5.74) is 1.76. The van der Waals surface area contributed by atoms with Gasteiger partial charge in [0.15, 0.2) is 5.43 Å². The van der Waals surface area contributed by atoms with Crippen LogP contribution in [0.1, 0.15) is 43.2 Å². The number of pyridine rings is 1. The Morgan fingerprint density at radius 3 is 2.47 bits per heavy atom. The number of carboxylic acid groups (broad SMARTS) is 1. The molecule has 1 N–H and O–H groups in total. The van der Waals surface area contributed by atoms with Crippen LogP contribution in [0.15, 0.2) is 41.6 Å². The molecule has 0 bridgehead atoms. The zero-order valence-corrected chi connectivity index (χ0v) is 18.0. The highest BCUT2D eigenvalue weighted by molar-refractivity contribution is 5.88. The van der Waals surface area contributed by atoms with Crippen LogP contribution in [-0.4, -0.2) is 38.2 Å². The van der Waals surface area contributed by atoms with E-state index < -0.39 is 23.5 Å². The van der Waals surface area contributed by atoms with Crippen molar-refractivity contribution in [3.8, 4) is 28.1 Å². The molecule has 8 nitrogen and oxygen atoms in total. The average Bonchev–Trinajstić information content (AvgIpc) is 3.21. The van der Waals surface area contributed by atoms with E-state index in [0.717, 1.165) is 5.56 Å². The van der Waals surface area contributed by atoms with Gasteiger partial charge in [-0.05, 0) is 38.5 Å². The van der Waals surface area contributed by atoms with E-state index in [0.29, 0.717) is 39.4 Å². The number of benzene rings is 1. The van der Waals surface area contributed by atoms with Gasteiger partial charge in [0.1, 0.15) is 11.3 Å². The van der Waals surface area contributed by atoms with Crippen LogP contribution in [0.2, 0.25) is 0 Å². The van der Waals surface area contributed by atoms with Gasteiger partial charge in [-0.1, -0.05) is 0 Å². The summed E-state index contributed by atoms with van der Waals surface area (Å²) in [5.74, 6) is -0.878. The molecule has 0 amide bonds. The number of alkyl halides is 2. The number of hydrogen-bond donors (Lipinski definition) is 1. The topological polar surface area (TPSA) is 89.6 Å². The first-order chi connectivity index (χ1) is 15.0. The maximum atomic E-state index is 13.0. The van der Waals surface area contributed by atoms with Crippen molar-refractivity contribution in [3.63, 3.8) is 0 Å². The van der Waals surface area contributed by atoms with E-state index in [1.807, 2.05) is 31.8 Å². The summed E-state index contributed by atoms with van der Waals surface area (Å²) in [4.78, 5) is 24.0. The molecule has 0 spiro atoms. The second-order valence-corrected chi connectivity index (χ2v) is 8.51. The Hall–Kier alpha value is -3.69. The Kier molecular flexibility index (Phi) is 5.03. The number of nitrogens with zero attached hydrogens (tertiary/aromatic N) is 4.